The van der Waals surface area contributed by atoms with Crippen molar-refractivity contribution >= 4 is 66.1 Å². The van der Waals surface area contributed by atoms with E-state index in [2.05, 4.69) is 10.1 Å². The van der Waals surface area contributed by atoms with Gasteiger partial charge in [-0.3, -0.25) is 24.3 Å². The van der Waals surface area contributed by atoms with Gasteiger partial charge in [0.1, 0.15) is 11.3 Å². The number of oxime groups is 1. The van der Waals surface area contributed by atoms with Gasteiger partial charge in [0.25, 0.3) is 0 Å². The van der Waals surface area contributed by atoms with Crippen molar-refractivity contribution in [1.29, 1.82) is 0 Å². The molecular weight excluding hydrogens is 571 g/mol. The first-order valence-corrected chi connectivity index (χ1v) is 15.0. The van der Waals surface area contributed by atoms with E-state index in [0.29, 0.717) is 5.01 Å². The highest BCUT2D eigenvalue weighted by Gasteiger charge is 2.64. The van der Waals surface area contributed by atoms with Crippen LogP contribution in [0.4, 0.5) is 4.79 Å². The zero-order valence-corrected chi connectivity index (χ0v) is 25.3. The van der Waals surface area contributed by atoms with Gasteiger partial charge in [0, 0.05) is 18.3 Å². The minimum absolute atomic E-state index is 0.0368. The Bertz CT molecular complexity index is 1280. The number of hydrogen-bond donors (Lipinski definition) is 1. The Labute approximate surface area is 247 Å². The van der Waals surface area contributed by atoms with Crippen LogP contribution in [0.1, 0.15) is 51.2 Å². The van der Waals surface area contributed by atoms with Gasteiger partial charge in [0.05, 0.1) is 37.2 Å². The van der Waals surface area contributed by atoms with E-state index in [4.69, 9.17) is 23.3 Å². The van der Waals surface area contributed by atoms with Crippen molar-refractivity contribution in [3.63, 3.8) is 0 Å². The molecule has 0 aliphatic carbocycles. The number of thioether (sulfide) groups is 1. The van der Waals surface area contributed by atoms with Crippen molar-refractivity contribution in [3.8, 4) is 0 Å². The molecule has 3 aliphatic rings. The molecule has 1 unspecified atom stereocenters. The molecule has 16 heteroatoms. The molecule has 3 aliphatic heterocycles. The average molecular weight is 605 g/mol. The molecule has 3 saturated heterocycles. The highest BCUT2D eigenvalue weighted by Crippen LogP contribution is 2.53. The highest BCUT2D eigenvalue weighted by molar-refractivity contribution is 8.02. The highest BCUT2D eigenvalue weighted by atomic mass is 32.2. The number of hydrazine groups is 1. The van der Waals surface area contributed by atoms with Gasteiger partial charge in [-0.25, -0.2) is 20.4 Å². The first-order valence-electron chi connectivity index (χ1n) is 13.2. The van der Waals surface area contributed by atoms with Gasteiger partial charge in [0.15, 0.2) is 22.1 Å². The number of urea groups is 1. The van der Waals surface area contributed by atoms with Crippen LogP contribution in [0.5, 0.6) is 0 Å². The van der Waals surface area contributed by atoms with E-state index in [1.165, 1.54) is 21.1 Å². The molecule has 13 nitrogen and oxygen atoms in total. The fraction of sp³-hybridized carbons (Fsp3) is 0.640. The number of esters is 1. The average Bonchev–Trinajstić information content (AvgIpc) is 3.60. The van der Waals surface area contributed by atoms with Crippen molar-refractivity contribution in [1.82, 2.24) is 19.8 Å². The van der Waals surface area contributed by atoms with E-state index in [1.54, 1.807) is 40.0 Å². The van der Waals surface area contributed by atoms with E-state index in [0.717, 1.165) is 16.8 Å². The Kier molecular flexibility index (Phi) is 8.85. The SMILES string of the molecule is [B]CC(=O)[C@@]1(N2CCN(N)C2=O)CN2C(=O)C(CC(=O)/C(=N\O[C@@H](CC)C(=O)OC(C)(C)C)c3csc(C)n3)[C@H]2S1. The first-order chi connectivity index (χ1) is 19.2. The van der Waals surface area contributed by atoms with Gasteiger partial charge in [0.2, 0.25) is 12.0 Å². The number of nitrogens with two attached hydrogens (primary N) is 1. The number of nitrogens with zero attached hydrogens (tertiary/aromatic N) is 5. The Balaban J connectivity index is 1.54. The number of aryl methyl sites for hydroxylation is 1. The summed E-state index contributed by atoms with van der Waals surface area (Å²) in [7, 11) is 5.70. The standard InChI is InChI=1S/C25H33BN6O7S2/c1-6-17(22(36)38-24(3,4)5)39-29-19(15-11-40-13(2)28-15)16(33)9-14-20(35)30-12-25(18(34)10-26,41-21(14)30)31-7-8-32(27)23(31)37/h11,14,17,21H,6-10,12,27H2,1-5H3/b29-19-/t14?,17-,21+,25+/m0/s1. The summed E-state index contributed by atoms with van der Waals surface area (Å²) in [5.74, 6) is 3.11. The van der Waals surface area contributed by atoms with Gasteiger partial charge >= 0.3 is 12.0 Å². The first kappa shape index (κ1) is 31.0. The van der Waals surface area contributed by atoms with Gasteiger partial charge in [-0.05, 0) is 40.4 Å². The molecule has 0 bridgehead atoms. The molecule has 1 aromatic rings. The lowest BCUT2D eigenvalue weighted by Gasteiger charge is -2.41. The van der Waals surface area contributed by atoms with E-state index in [1.807, 2.05) is 0 Å². The summed E-state index contributed by atoms with van der Waals surface area (Å²) in [4.78, 5) is 76.4. The lowest BCUT2D eigenvalue weighted by atomic mass is 9.89. The Morgan fingerprint density at radius 1 is 1.29 bits per heavy atom. The van der Waals surface area contributed by atoms with Crippen LogP contribution in [0.15, 0.2) is 10.5 Å². The van der Waals surface area contributed by atoms with Gasteiger partial charge < -0.3 is 14.5 Å². The summed E-state index contributed by atoms with van der Waals surface area (Å²) in [6.07, 6.45) is -1.37. The third-order valence-electron chi connectivity index (χ3n) is 6.89. The number of rotatable bonds is 11. The lowest BCUT2D eigenvalue weighted by molar-refractivity contribution is -0.169. The molecule has 2 N–H and O–H groups in total. The number of aromatic nitrogens is 1. The number of hydrogen-bond acceptors (Lipinski definition) is 12. The van der Waals surface area contributed by atoms with Crippen LogP contribution in [0.25, 0.3) is 0 Å². The van der Waals surface area contributed by atoms with Gasteiger partial charge in [-0.1, -0.05) is 23.8 Å². The number of amides is 3. The molecule has 4 rings (SSSR count). The van der Waals surface area contributed by atoms with E-state index >= 15 is 0 Å². The topological polar surface area (TPSA) is 165 Å². The van der Waals surface area contributed by atoms with Crippen LogP contribution in [0.3, 0.4) is 0 Å². The summed E-state index contributed by atoms with van der Waals surface area (Å²) in [6.45, 7) is 9.09. The van der Waals surface area contributed by atoms with Crippen molar-refractivity contribution < 1.29 is 33.5 Å². The molecule has 1 aromatic heterocycles. The van der Waals surface area contributed by atoms with E-state index in [9.17, 15) is 24.0 Å². The maximum Gasteiger partial charge on any atom is 0.350 e. The number of β-lactam (4-membered cyclic amide) rings is 1. The number of fused-ring (bicyclic) bond motifs is 1. The second kappa shape index (κ2) is 11.7. The lowest BCUT2D eigenvalue weighted by Crippen LogP contribution is -2.59. The predicted octanol–water partition coefficient (Wildman–Crippen LogP) is 1.25. The van der Waals surface area contributed by atoms with Crippen molar-refractivity contribution in [3.05, 3.63) is 16.1 Å². The number of carbonyl (C=O) groups excluding carboxylic acids is 5. The Morgan fingerprint density at radius 2 is 2.00 bits per heavy atom. The Hall–Kier alpha value is -2.98. The van der Waals surface area contributed by atoms with Crippen LogP contribution < -0.4 is 5.84 Å². The van der Waals surface area contributed by atoms with Crippen LogP contribution in [-0.2, 0) is 28.8 Å². The molecule has 2 radical (unpaired) electrons. The fourth-order valence-corrected chi connectivity index (χ4v) is 7.25. The van der Waals surface area contributed by atoms with Crippen LogP contribution in [0.2, 0.25) is 6.32 Å². The van der Waals surface area contributed by atoms with E-state index in [-0.39, 0.29) is 56.1 Å². The molecule has 0 spiro atoms. The van der Waals surface area contributed by atoms with Crippen LogP contribution in [0, 0.1) is 12.8 Å². The van der Waals surface area contributed by atoms with Crippen molar-refractivity contribution in [2.45, 2.75) is 75.7 Å². The van der Waals surface area contributed by atoms with Crippen LogP contribution in [-0.4, -0.2) is 104 Å². The van der Waals surface area contributed by atoms with E-state index < -0.39 is 51.4 Å². The molecule has 3 amide bonds. The molecule has 3 fully saturated rings. The molecule has 0 saturated carbocycles. The monoisotopic (exact) mass is 604 g/mol. The minimum Gasteiger partial charge on any atom is -0.457 e. The molecule has 0 aromatic carbocycles. The summed E-state index contributed by atoms with van der Waals surface area (Å²) >= 11 is 2.45. The molecular formula is C25H33BN6O7S2. The number of ether oxygens (including phenoxy) is 1. The zero-order chi connectivity index (χ0) is 30.3. The molecule has 41 heavy (non-hydrogen) atoms. The number of ketones is 2. The van der Waals surface area contributed by atoms with Gasteiger partial charge in [-0.2, -0.15) is 0 Å². The number of thiazole rings is 1. The summed E-state index contributed by atoms with van der Waals surface area (Å²) in [5.41, 5.74) is -0.596. The summed E-state index contributed by atoms with van der Waals surface area (Å²) in [5, 5.41) is 6.85. The minimum atomic E-state index is -1.38. The zero-order valence-electron chi connectivity index (χ0n) is 23.6. The second-order valence-electron chi connectivity index (χ2n) is 11.0. The molecule has 4 heterocycles. The quantitative estimate of drug-likeness (QED) is 0.0739. The largest absolute Gasteiger partial charge is 0.457 e. The molecule has 4 atom stereocenters. The van der Waals surface area contributed by atoms with Gasteiger partial charge in [-0.15, -0.1) is 11.3 Å². The maximum atomic E-state index is 13.6. The normalized spacial score (nSPS) is 25.2. The fourth-order valence-electron chi connectivity index (χ4n) is 4.84. The summed E-state index contributed by atoms with van der Waals surface area (Å²) in [6, 6.07) is -0.525. The predicted molar refractivity (Wildman–Crippen MR) is 152 cm³/mol. The second-order valence-corrected chi connectivity index (χ2v) is 13.4. The van der Waals surface area contributed by atoms with Crippen LogP contribution >= 0.6 is 23.1 Å². The third-order valence-corrected chi connectivity index (χ3v) is 9.46. The Morgan fingerprint density at radius 3 is 2.54 bits per heavy atom. The summed E-state index contributed by atoms with van der Waals surface area (Å²) < 4.78 is 5.39. The van der Waals surface area contributed by atoms with Crippen molar-refractivity contribution in [2.24, 2.45) is 16.9 Å². The number of carbonyl (C=O) groups is 5. The smallest absolute Gasteiger partial charge is 0.350 e. The third kappa shape index (κ3) is 6.00. The van der Waals surface area contributed by atoms with Crippen molar-refractivity contribution in [2.75, 3.05) is 19.6 Å². The maximum absolute atomic E-state index is 13.6. The number of Topliss-reactive ketones (excluding diaryl/α,β-unsaturated/α-hetero) is 2. The molecule has 220 valence electrons.